The van der Waals surface area contributed by atoms with Crippen molar-refractivity contribution in [2.75, 3.05) is 18.6 Å². The molecule has 1 aromatic heterocycles. The number of fused-ring (bicyclic) bond motifs is 1. The van der Waals surface area contributed by atoms with Gasteiger partial charge in [-0.25, -0.2) is 4.98 Å². The number of hydrogen-bond acceptors (Lipinski definition) is 8. The van der Waals surface area contributed by atoms with E-state index in [0.29, 0.717) is 52.2 Å². The molecule has 2 heterocycles. The molecule has 222 valence electrons. The van der Waals surface area contributed by atoms with Gasteiger partial charge in [0.25, 0.3) is 5.78 Å². The first-order chi connectivity index (χ1) is 21.4. The average molecular weight is 607 g/mol. The lowest BCUT2D eigenvalue weighted by Gasteiger charge is -2.24. The number of carbonyl (C=O) groups excluding carboxylic acids is 2. The Labute approximate surface area is 258 Å². The first-order valence-electron chi connectivity index (χ1n) is 14.1. The lowest BCUT2D eigenvalue weighted by Crippen LogP contribution is -2.29. The monoisotopic (exact) mass is 606 g/mol. The summed E-state index contributed by atoms with van der Waals surface area (Å²) in [4.78, 5) is 33.5. The van der Waals surface area contributed by atoms with Crippen molar-refractivity contribution in [3.63, 3.8) is 0 Å². The predicted molar refractivity (Wildman–Crippen MR) is 171 cm³/mol. The minimum Gasteiger partial charge on any atom is -0.507 e. The minimum absolute atomic E-state index is 0.0454. The zero-order chi connectivity index (χ0) is 30.8. The molecule has 0 spiro atoms. The fourth-order valence-electron chi connectivity index (χ4n) is 5.19. The molecule has 0 radical (unpaired) electrons. The lowest BCUT2D eigenvalue weighted by molar-refractivity contribution is -0.132. The normalized spacial score (nSPS) is 16.0. The smallest absolute Gasteiger partial charge is 0.301 e. The molecule has 1 aliphatic heterocycles. The molecule has 5 aromatic rings. The van der Waals surface area contributed by atoms with Crippen LogP contribution in [0.2, 0.25) is 0 Å². The summed E-state index contributed by atoms with van der Waals surface area (Å²) in [6, 6.07) is 26.6. The van der Waals surface area contributed by atoms with E-state index in [1.165, 1.54) is 16.2 Å². The third-order valence-electron chi connectivity index (χ3n) is 7.37. The third kappa shape index (κ3) is 5.49. The summed E-state index contributed by atoms with van der Waals surface area (Å²) in [5, 5.41) is 11.9. The van der Waals surface area contributed by atoms with Gasteiger partial charge in [0.1, 0.15) is 18.1 Å². The number of benzene rings is 4. The average Bonchev–Trinajstić information content (AvgIpc) is 3.57. The summed E-state index contributed by atoms with van der Waals surface area (Å²) in [7, 11) is 1.54. The first-order valence-corrected chi connectivity index (χ1v) is 15.0. The van der Waals surface area contributed by atoms with Crippen LogP contribution in [0, 0.1) is 6.92 Å². The number of nitrogens with zero attached hydrogens (tertiary/aromatic N) is 2. The Kier molecular flexibility index (Phi) is 8.04. The van der Waals surface area contributed by atoms with E-state index in [1.54, 1.807) is 49.6 Å². The molecule has 1 fully saturated rings. The number of carbonyl (C=O) groups is 2. The van der Waals surface area contributed by atoms with Crippen molar-refractivity contribution in [2.45, 2.75) is 26.5 Å². The van der Waals surface area contributed by atoms with E-state index < -0.39 is 17.7 Å². The molecule has 1 atom stereocenters. The number of anilines is 1. The van der Waals surface area contributed by atoms with Gasteiger partial charge in [0.05, 0.1) is 35.5 Å². The Morgan fingerprint density at radius 3 is 2.43 bits per heavy atom. The maximum Gasteiger partial charge on any atom is 0.301 e. The van der Waals surface area contributed by atoms with Gasteiger partial charge in [0.15, 0.2) is 16.6 Å². The van der Waals surface area contributed by atoms with Crippen molar-refractivity contribution in [3.8, 4) is 17.2 Å². The van der Waals surface area contributed by atoms with E-state index in [9.17, 15) is 14.7 Å². The topological polar surface area (TPSA) is 98.2 Å². The van der Waals surface area contributed by atoms with Crippen molar-refractivity contribution in [3.05, 3.63) is 119 Å². The molecule has 1 unspecified atom stereocenters. The van der Waals surface area contributed by atoms with Gasteiger partial charge in [-0.05, 0) is 79.1 Å². The molecule has 4 aromatic carbocycles. The van der Waals surface area contributed by atoms with Gasteiger partial charge in [-0.2, -0.15) is 0 Å². The molecular formula is C35H30N2O6S. The largest absolute Gasteiger partial charge is 0.507 e. The zero-order valence-corrected chi connectivity index (χ0v) is 25.3. The third-order valence-corrected chi connectivity index (χ3v) is 8.38. The fraction of sp³-hybridized carbons (Fsp3) is 0.171. The van der Waals surface area contributed by atoms with E-state index >= 15 is 0 Å². The van der Waals surface area contributed by atoms with Gasteiger partial charge in [0.2, 0.25) is 0 Å². The van der Waals surface area contributed by atoms with Gasteiger partial charge in [-0.3, -0.25) is 14.5 Å². The summed E-state index contributed by atoms with van der Waals surface area (Å²) < 4.78 is 18.2. The second kappa shape index (κ2) is 12.2. The van der Waals surface area contributed by atoms with Crippen molar-refractivity contribution in [1.29, 1.82) is 0 Å². The van der Waals surface area contributed by atoms with Crippen LogP contribution in [0.4, 0.5) is 5.13 Å². The Morgan fingerprint density at radius 2 is 1.70 bits per heavy atom. The summed E-state index contributed by atoms with van der Waals surface area (Å²) in [5.41, 5.74) is 3.66. The standard InChI is InChI=1S/C35H30N2O6S/c1-4-42-28-19-24(13-17-27(28)43-20-22-8-6-5-7-9-22)31-30(32(38)23-11-14-25(41-3)15-12-23)33(39)34(40)37(31)35-36-26-16-10-21(2)18-29(26)44-35/h5-19,31,38H,4,20H2,1-3H3. The fourth-order valence-corrected chi connectivity index (χ4v) is 6.28. The van der Waals surface area contributed by atoms with Crippen LogP contribution in [-0.2, 0) is 16.2 Å². The number of hydrogen-bond donors (Lipinski definition) is 1. The Bertz CT molecular complexity index is 1880. The molecule has 44 heavy (non-hydrogen) atoms. The quantitative estimate of drug-likeness (QED) is 0.107. The van der Waals surface area contributed by atoms with Crippen LogP contribution in [0.3, 0.4) is 0 Å². The van der Waals surface area contributed by atoms with Crippen LogP contribution in [0.15, 0.2) is 96.6 Å². The number of aliphatic hydroxyl groups is 1. The second-order valence-corrected chi connectivity index (χ2v) is 11.3. The number of ether oxygens (including phenoxy) is 3. The Hall–Kier alpha value is -5.15. The van der Waals surface area contributed by atoms with Gasteiger partial charge < -0.3 is 19.3 Å². The number of methoxy groups -OCH3 is 1. The molecule has 1 amide bonds. The number of amides is 1. The molecule has 9 heteroatoms. The second-order valence-electron chi connectivity index (χ2n) is 10.3. The SMILES string of the molecule is CCOc1cc(C2C(=C(O)c3ccc(OC)cc3)C(=O)C(=O)N2c2nc3ccc(C)cc3s2)ccc1OCc1ccccc1. The Morgan fingerprint density at radius 1 is 0.932 bits per heavy atom. The maximum atomic E-state index is 13.7. The highest BCUT2D eigenvalue weighted by atomic mass is 32.1. The highest BCUT2D eigenvalue weighted by molar-refractivity contribution is 7.22. The number of aliphatic hydroxyl groups excluding tert-OH is 1. The van der Waals surface area contributed by atoms with Crippen molar-refractivity contribution in [1.82, 2.24) is 4.98 Å². The van der Waals surface area contributed by atoms with Gasteiger partial charge in [0, 0.05) is 5.56 Å². The summed E-state index contributed by atoms with van der Waals surface area (Å²) in [5.74, 6) is -0.309. The molecule has 0 saturated carbocycles. The number of ketones is 1. The first kappa shape index (κ1) is 28.9. The van der Waals surface area contributed by atoms with E-state index in [0.717, 1.165) is 15.8 Å². The van der Waals surface area contributed by atoms with Gasteiger partial charge >= 0.3 is 5.91 Å². The van der Waals surface area contributed by atoms with Gasteiger partial charge in [-0.1, -0.05) is 53.8 Å². The molecule has 0 bridgehead atoms. The Balaban J connectivity index is 1.48. The number of aryl methyl sites for hydroxylation is 1. The van der Waals surface area contributed by atoms with Crippen molar-refractivity contribution < 1.29 is 28.9 Å². The number of rotatable bonds is 9. The van der Waals surface area contributed by atoms with E-state index in [4.69, 9.17) is 19.2 Å². The molecule has 6 rings (SSSR count). The van der Waals surface area contributed by atoms with E-state index in [2.05, 4.69) is 0 Å². The van der Waals surface area contributed by atoms with E-state index in [-0.39, 0.29) is 11.3 Å². The number of thiazole rings is 1. The maximum absolute atomic E-state index is 13.7. The van der Waals surface area contributed by atoms with Gasteiger partial charge in [-0.15, -0.1) is 0 Å². The highest BCUT2D eigenvalue weighted by Crippen LogP contribution is 2.46. The minimum atomic E-state index is -0.971. The van der Waals surface area contributed by atoms with Crippen molar-refractivity contribution >= 4 is 44.1 Å². The summed E-state index contributed by atoms with van der Waals surface area (Å²) in [6.45, 7) is 4.55. The molecule has 1 N–H and O–H groups in total. The van der Waals surface area contributed by atoms with Crippen LogP contribution in [0.25, 0.3) is 16.0 Å². The lowest BCUT2D eigenvalue weighted by atomic mass is 9.95. The van der Waals surface area contributed by atoms with Crippen LogP contribution < -0.4 is 19.1 Å². The number of aromatic nitrogens is 1. The van der Waals surface area contributed by atoms with Crippen molar-refractivity contribution in [2.24, 2.45) is 0 Å². The van der Waals surface area contributed by atoms with Crippen LogP contribution in [0.5, 0.6) is 17.2 Å². The predicted octanol–water partition coefficient (Wildman–Crippen LogP) is 7.22. The molecule has 1 aliphatic rings. The molecule has 1 saturated heterocycles. The van der Waals surface area contributed by atoms with Crippen LogP contribution in [0.1, 0.15) is 35.2 Å². The van der Waals surface area contributed by atoms with Crippen LogP contribution in [-0.4, -0.2) is 35.5 Å². The summed E-state index contributed by atoms with van der Waals surface area (Å²) in [6.07, 6.45) is 0. The highest BCUT2D eigenvalue weighted by Gasteiger charge is 2.48. The number of Topliss-reactive ketones (excluding diaryl/α,β-unsaturated/α-hetero) is 1. The zero-order valence-electron chi connectivity index (χ0n) is 24.4. The van der Waals surface area contributed by atoms with E-state index in [1.807, 2.05) is 62.4 Å². The van der Waals surface area contributed by atoms with Crippen LogP contribution >= 0.6 is 11.3 Å². The molecule has 0 aliphatic carbocycles. The molecular weight excluding hydrogens is 576 g/mol. The molecule has 8 nitrogen and oxygen atoms in total. The summed E-state index contributed by atoms with van der Waals surface area (Å²) >= 11 is 1.32.